The third-order valence-corrected chi connectivity index (χ3v) is 4.23. The smallest absolute Gasteiger partial charge is 0.244 e. The highest BCUT2D eigenvalue weighted by Gasteiger charge is 2.32. The van der Waals surface area contributed by atoms with E-state index < -0.39 is 11.4 Å². The first-order chi connectivity index (χ1) is 10.1. The fraction of sp³-hybridized carbons (Fsp3) is 0.438. The lowest BCUT2D eigenvalue weighted by Gasteiger charge is -2.36. The summed E-state index contributed by atoms with van der Waals surface area (Å²) in [6.45, 7) is -0.0764. The SMILES string of the molecule is O=C(C=Cc1c(F)cccc1Cl)NC1(CO)CCCCC1. The summed E-state index contributed by atoms with van der Waals surface area (Å²) in [6.07, 6.45) is 7.26. The van der Waals surface area contributed by atoms with Gasteiger partial charge in [-0.05, 0) is 31.1 Å². The molecule has 1 aromatic carbocycles. The highest BCUT2D eigenvalue weighted by Crippen LogP contribution is 2.27. The molecule has 2 N–H and O–H groups in total. The predicted octanol–water partition coefficient (Wildman–Crippen LogP) is 3.30. The number of hydrogen-bond donors (Lipinski definition) is 2. The van der Waals surface area contributed by atoms with Gasteiger partial charge in [0, 0.05) is 11.6 Å². The van der Waals surface area contributed by atoms with E-state index in [1.54, 1.807) is 6.07 Å². The van der Waals surface area contributed by atoms with Crippen molar-refractivity contribution >= 4 is 23.6 Å². The molecule has 1 fully saturated rings. The van der Waals surface area contributed by atoms with Crippen molar-refractivity contribution in [2.75, 3.05) is 6.61 Å². The Hall–Kier alpha value is -1.39. The summed E-state index contributed by atoms with van der Waals surface area (Å²) < 4.78 is 13.6. The summed E-state index contributed by atoms with van der Waals surface area (Å²) in [5.74, 6) is -0.814. The number of hydrogen-bond acceptors (Lipinski definition) is 2. The molecule has 0 heterocycles. The second-order valence-corrected chi connectivity index (χ2v) is 5.86. The van der Waals surface area contributed by atoms with Crippen molar-refractivity contribution in [2.24, 2.45) is 0 Å². The fourth-order valence-corrected chi connectivity index (χ4v) is 2.91. The van der Waals surface area contributed by atoms with E-state index in [0.717, 1.165) is 32.1 Å². The maximum absolute atomic E-state index is 13.6. The summed E-state index contributed by atoms with van der Waals surface area (Å²) in [7, 11) is 0. The van der Waals surface area contributed by atoms with Crippen molar-refractivity contribution in [3.63, 3.8) is 0 Å². The maximum atomic E-state index is 13.6. The van der Waals surface area contributed by atoms with Crippen molar-refractivity contribution < 1.29 is 14.3 Å². The van der Waals surface area contributed by atoms with Gasteiger partial charge in [0.05, 0.1) is 17.2 Å². The van der Waals surface area contributed by atoms with Gasteiger partial charge in [-0.15, -0.1) is 0 Å². The molecule has 1 amide bonds. The molecule has 0 unspecified atom stereocenters. The summed E-state index contributed by atoms with van der Waals surface area (Å²) in [4.78, 5) is 12.0. The van der Waals surface area contributed by atoms with Crippen LogP contribution in [0.15, 0.2) is 24.3 Å². The first-order valence-electron chi connectivity index (χ1n) is 7.11. The van der Waals surface area contributed by atoms with Crippen molar-refractivity contribution in [3.8, 4) is 0 Å². The minimum Gasteiger partial charge on any atom is -0.394 e. The van der Waals surface area contributed by atoms with Gasteiger partial charge in [0.1, 0.15) is 5.82 Å². The summed E-state index contributed by atoms with van der Waals surface area (Å²) in [5, 5.41) is 12.7. The normalized spacial score (nSPS) is 17.9. The number of carbonyl (C=O) groups excluding carboxylic acids is 1. The standard InChI is InChI=1S/C16H19ClFNO2/c17-13-5-4-6-14(18)12(13)7-8-15(21)19-16(11-20)9-2-1-3-10-16/h4-8,20H,1-3,9-11H2,(H,19,21). The van der Waals surface area contributed by atoms with Crippen LogP contribution in [0.5, 0.6) is 0 Å². The van der Waals surface area contributed by atoms with Gasteiger partial charge in [-0.25, -0.2) is 4.39 Å². The second kappa shape index (κ2) is 7.05. The van der Waals surface area contributed by atoms with Gasteiger partial charge >= 0.3 is 0 Å². The summed E-state index contributed by atoms with van der Waals surface area (Å²) >= 11 is 5.90. The quantitative estimate of drug-likeness (QED) is 0.838. The minimum absolute atomic E-state index is 0.0764. The number of aliphatic hydroxyl groups is 1. The molecule has 2 rings (SSSR count). The molecule has 0 aromatic heterocycles. The van der Waals surface area contributed by atoms with Crippen LogP contribution in [0, 0.1) is 5.82 Å². The molecule has 1 aliphatic carbocycles. The topological polar surface area (TPSA) is 49.3 Å². The molecule has 1 saturated carbocycles. The first-order valence-corrected chi connectivity index (χ1v) is 7.49. The molecule has 21 heavy (non-hydrogen) atoms. The Labute approximate surface area is 128 Å². The summed E-state index contributed by atoms with van der Waals surface area (Å²) in [5.41, 5.74) is -0.352. The monoisotopic (exact) mass is 311 g/mol. The average Bonchev–Trinajstić information content (AvgIpc) is 2.47. The lowest BCUT2D eigenvalue weighted by atomic mass is 9.82. The Morgan fingerprint density at radius 1 is 1.38 bits per heavy atom. The number of aliphatic hydroxyl groups excluding tert-OH is 1. The highest BCUT2D eigenvalue weighted by atomic mass is 35.5. The van der Waals surface area contributed by atoms with Crippen LogP contribution in [0.4, 0.5) is 4.39 Å². The van der Waals surface area contributed by atoms with Gasteiger partial charge in [-0.3, -0.25) is 4.79 Å². The number of amides is 1. The summed E-state index contributed by atoms with van der Waals surface area (Å²) in [6, 6.07) is 4.37. The molecule has 1 aliphatic rings. The van der Waals surface area contributed by atoms with E-state index in [9.17, 15) is 14.3 Å². The van der Waals surface area contributed by atoms with Crippen LogP contribution in [0.1, 0.15) is 37.7 Å². The molecule has 0 saturated heterocycles. The van der Waals surface area contributed by atoms with Crippen LogP contribution in [-0.4, -0.2) is 23.2 Å². The highest BCUT2D eigenvalue weighted by molar-refractivity contribution is 6.32. The number of halogens is 2. The molecule has 5 heteroatoms. The van der Waals surface area contributed by atoms with Crippen LogP contribution in [0.2, 0.25) is 5.02 Å². The third kappa shape index (κ3) is 4.05. The number of carbonyl (C=O) groups is 1. The van der Waals surface area contributed by atoms with Crippen LogP contribution in [-0.2, 0) is 4.79 Å². The first kappa shape index (κ1) is 16.0. The van der Waals surface area contributed by atoms with E-state index in [1.165, 1.54) is 24.3 Å². The van der Waals surface area contributed by atoms with Gasteiger partial charge < -0.3 is 10.4 Å². The Balaban J connectivity index is 2.05. The number of rotatable bonds is 4. The zero-order valence-corrected chi connectivity index (χ0v) is 12.5. The molecule has 0 aliphatic heterocycles. The van der Waals surface area contributed by atoms with Crippen LogP contribution < -0.4 is 5.32 Å². The van der Waals surface area contributed by atoms with Gasteiger partial charge in [-0.2, -0.15) is 0 Å². The molecule has 1 aromatic rings. The zero-order valence-electron chi connectivity index (χ0n) is 11.7. The van der Waals surface area contributed by atoms with E-state index in [1.807, 2.05) is 0 Å². The van der Waals surface area contributed by atoms with Crippen molar-refractivity contribution in [1.82, 2.24) is 5.32 Å². The molecule has 0 atom stereocenters. The van der Waals surface area contributed by atoms with E-state index in [0.29, 0.717) is 0 Å². The Bertz CT molecular complexity index is 519. The Morgan fingerprint density at radius 3 is 2.71 bits per heavy atom. The van der Waals surface area contributed by atoms with Crippen molar-refractivity contribution in [1.29, 1.82) is 0 Å². The number of benzene rings is 1. The van der Waals surface area contributed by atoms with Crippen LogP contribution >= 0.6 is 11.6 Å². The molecular formula is C16H19ClFNO2. The van der Waals surface area contributed by atoms with E-state index in [2.05, 4.69) is 5.32 Å². The maximum Gasteiger partial charge on any atom is 0.244 e. The van der Waals surface area contributed by atoms with Gasteiger partial charge in [0.2, 0.25) is 5.91 Å². The van der Waals surface area contributed by atoms with Gasteiger partial charge in [0.25, 0.3) is 0 Å². The minimum atomic E-state index is -0.543. The van der Waals surface area contributed by atoms with Gasteiger partial charge in [0.15, 0.2) is 0 Å². The largest absolute Gasteiger partial charge is 0.394 e. The van der Waals surface area contributed by atoms with Crippen LogP contribution in [0.25, 0.3) is 6.08 Å². The fourth-order valence-electron chi connectivity index (χ4n) is 2.68. The zero-order chi connectivity index (χ0) is 15.3. The molecule has 0 bridgehead atoms. The predicted molar refractivity (Wildman–Crippen MR) is 81.5 cm³/mol. The molecule has 0 spiro atoms. The molecule has 3 nitrogen and oxygen atoms in total. The van der Waals surface area contributed by atoms with E-state index >= 15 is 0 Å². The van der Waals surface area contributed by atoms with Crippen molar-refractivity contribution in [3.05, 3.63) is 40.7 Å². The lowest BCUT2D eigenvalue weighted by Crippen LogP contribution is -2.52. The number of nitrogens with one attached hydrogen (secondary N) is 1. The molecular weight excluding hydrogens is 293 g/mol. The van der Waals surface area contributed by atoms with Crippen LogP contribution in [0.3, 0.4) is 0 Å². The van der Waals surface area contributed by atoms with Gasteiger partial charge in [-0.1, -0.05) is 36.9 Å². The van der Waals surface area contributed by atoms with E-state index in [-0.39, 0.29) is 23.1 Å². The third-order valence-electron chi connectivity index (χ3n) is 3.90. The lowest BCUT2D eigenvalue weighted by molar-refractivity contribution is -0.119. The average molecular weight is 312 g/mol. The second-order valence-electron chi connectivity index (χ2n) is 5.46. The molecule has 0 radical (unpaired) electrons. The Morgan fingerprint density at radius 2 is 2.10 bits per heavy atom. The molecule has 114 valence electrons. The Kier molecular flexibility index (Phi) is 5.37. The van der Waals surface area contributed by atoms with E-state index in [4.69, 9.17) is 11.6 Å². The van der Waals surface area contributed by atoms with Crippen molar-refractivity contribution in [2.45, 2.75) is 37.6 Å².